The number of hydrogen-bond acceptors (Lipinski definition) is 2. The third-order valence-corrected chi connectivity index (χ3v) is 2.08. The largest absolute Gasteiger partial charge is 0.496 e. The highest BCUT2D eigenvalue weighted by Gasteiger charge is 2.03. The molecule has 1 rings (SSSR count). The van der Waals surface area contributed by atoms with Gasteiger partial charge in [-0.15, -0.1) is 0 Å². The second-order valence-corrected chi connectivity index (χ2v) is 3.18. The minimum absolute atomic E-state index is 0.103. The maximum absolute atomic E-state index is 10.9. The van der Waals surface area contributed by atoms with E-state index in [9.17, 15) is 4.79 Å². The molecule has 0 saturated heterocycles. The molecule has 0 bridgehead atoms. The molecule has 3 heteroatoms. The van der Waals surface area contributed by atoms with Crippen LogP contribution >= 0.6 is 15.9 Å². The molecule has 0 aromatic heterocycles. The van der Waals surface area contributed by atoms with E-state index in [1.807, 2.05) is 6.92 Å². The lowest BCUT2D eigenvalue weighted by atomic mass is 10.1. The monoisotopic (exact) mass is 228 g/mol. The number of ether oxygens (including phenoxy) is 1. The van der Waals surface area contributed by atoms with Crippen LogP contribution in [0.4, 0.5) is 0 Å². The van der Waals surface area contributed by atoms with Crippen LogP contribution in [-0.4, -0.2) is 11.8 Å². The number of aryl methyl sites for hydroxylation is 1. The Kier molecular flexibility index (Phi) is 2.87. The maximum atomic E-state index is 10.9. The predicted molar refractivity (Wildman–Crippen MR) is 51.0 cm³/mol. The second kappa shape index (κ2) is 3.72. The van der Waals surface area contributed by atoms with E-state index in [2.05, 4.69) is 15.9 Å². The normalized spacial score (nSPS) is 9.58. The average Bonchev–Trinajstić information content (AvgIpc) is 2.04. The zero-order valence-corrected chi connectivity index (χ0v) is 8.51. The van der Waals surface area contributed by atoms with Crippen LogP contribution in [0, 0.1) is 6.92 Å². The van der Waals surface area contributed by atoms with Gasteiger partial charge in [-0.3, -0.25) is 4.79 Å². The average molecular weight is 229 g/mol. The third-order valence-electron chi connectivity index (χ3n) is 1.62. The minimum atomic E-state index is -0.103. The number of hydrogen-bond donors (Lipinski definition) is 0. The standard InChI is InChI=1S/C9H9BrO2/c1-6-5-7(9(10)11)3-4-8(6)12-2/h3-5H,1-2H3. The summed E-state index contributed by atoms with van der Waals surface area (Å²) in [4.78, 5) is 10.9. The topological polar surface area (TPSA) is 26.3 Å². The fraction of sp³-hybridized carbons (Fsp3) is 0.222. The minimum Gasteiger partial charge on any atom is -0.496 e. The summed E-state index contributed by atoms with van der Waals surface area (Å²) in [5, 5.41) is 0. The molecule has 0 heterocycles. The number of carbonyl (C=O) groups is 1. The smallest absolute Gasteiger partial charge is 0.228 e. The molecule has 0 saturated carbocycles. The Morgan fingerprint density at radius 3 is 2.58 bits per heavy atom. The van der Waals surface area contributed by atoms with Gasteiger partial charge >= 0.3 is 0 Å². The van der Waals surface area contributed by atoms with Gasteiger partial charge in [0.15, 0.2) is 0 Å². The Morgan fingerprint density at radius 1 is 1.50 bits per heavy atom. The van der Waals surface area contributed by atoms with Gasteiger partial charge in [-0.25, -0.2) is 0 Å². The van der Waals surface area contributed by atoms with Crippen molar-refractivity contribution in [1.29, 1.82) is 0 Å². The third kappa shape index (κ3) is 1.85. The molecular formula is C9H9BrO2. The summed E-state index contributed by atoms with van der Waals surface area (Å²) < 4.78 is 4.95. The summed E-state index contributed by atoms with van der Waals surface area (Å²) in [6, 6.07) is 5.29. The fourth-order valence-corrected chi connectivity index (χ4v) is 1.25. The predicted octanol–water partition coefficient (Wildman–Crippen LogP) is 2.54. The molecule has 0 aliphatic heterocycles. The highest BCUT2D eigenvalue weighted by Crippen LogP contribution is 2.19. The lowest BCUT2D eigenvalue weighted by molar-refractivity contribution is 0.109. The van der Waals surface area contributed by atoms with Gasteiger partial charge in [0.05, 0.1) is 7.11 Å². The van der Waals surface area contributed by atoms with Gasteiger partial charge in [-0.2, -0.15) is 0 Å². The SMILES string of the molecule is COc1ccc(C(=O)Br)cc1C. The van der Waals surface area contributed by atoms with Crippen molar-refractivity contribution in [2.75, 3.05) is 7.11 Å². The van der Waals surface area contributed by atoms with Crippen LogP contribution in [0.25, 0.3) is 0 Å². The van der Waals surface area contributed by atoms with E-state index in [0.717, 1.165) is 11.3 Å². The summed E-state index contributed by atoms with van der Waals surface area (Å²) in [5.41, 5.74) is 1.61. The van der Waals surface area contributed by atoms with Crippen LogP contribution in [0.5, 0.6) is 5.75 Å². The number of benzene rings is 1. The van der Waals surface area contributed by atoms with Gasteiger partial charge in [0.2, 0.25) is 4.69 Å². The first-order chi connectivity index (χ1) is 5.65. The van der Waals surface area contributed by atoms with Crippen molar-refractivity contribution < 1.29 is 9.53 Å². The molecule has 0 radical (unpaired) electrons. The molecule has 12 heavy (non-hydrogen) atoms. The Hall–Kier alpha value is -0.830. The molecule has 0 unspecified atom stereocenters. The first-order valence-electron chi connectivity index (χ1n) is 3.49. The highest BCUT2D eigenvalue weighted by molar-refractivity contribution is 9.18. The molecule has 1 aromatic carbocycles. The van der Waals surface area contributed by atoms with Gasteiger partial charge in [-0.1, -0.05) is 0 Å². The van der Waals surface area contributed by atoms with Gasteiger partial charge in [0, 0.05) is 5.56 Å². The van der Waals surface area contributed by atoms with Gasteiger partial charge in [0.25, 0.3) is 0 Å². The van der Waals surface area contributed by atoms with Gasteiger partial charge < -0.3 is 4.74 Å². The van der Waals surface area contributed by atoms with E-state index in [4.69, 9.17) is 4.74 Å². The van der Waals surface area contributed by atoms with Crippen LogP contribution < -0.4 is 4.74 Å². The molecule has 0 N–H and O–H groups in total. The molecule has 0 fully saturated rings. The van der Waals surface area contributed by atoms with Gasteiger partial charge in [-0.05, 0) is 46.6 Å². The van der Waals surface area contributed by atoms with Crippen LogP contribution in [0.15, 0.2) is 18.2 Å². The Bertz CT molecular complexity index is 307. The zero-order valence-electron chi connectivity index (χ0n) is 6.93. The van der Waals surface area contributed by atoms with E-state index in [-0.39, 0.29) is 4.69 Å². The maximum Gasteiger partial charge on any atom is 0.228 e. The number of halogens is 1. The van der Waals surface area contributed by atoms with Crippen molar-refractivity contribution >= 4 is 20.6 Å². The Balaban J connectivity index is 3.10. The lowest BCUT2D eigenvalue weighted by Crippen LogP contribution is -1.92. The van der Waals surface area contributed by atoms with E-state index < -0.39 is 0 Å². The summed E-state index contributed by atoms with van der Waals surface area (Å²) in [6.07, 6.45) is 0. The van der Waals surface area contributed by atoms with E-state index >= 15 is 0 Å². The fourth-order valence-electron chi connectivity index (χ4n) is 1.00. The summed E-state index contributed by atoms with van der Waals surface area (Å²) in [6.45, 7) is 1.90. The number of methoxy groups -OCH3 is 1. The molecule has 0 aliphatic carbocycles. The molecular weight excluding hydrogens is 220 g/mol. The van der Waals surface area contributed by atoms with Crippen LogP contribution in [0.3, 0.4) is 0 Å². The van der Waals surface area contributed by atoms with Crippen molar-refractivity contribution in [3.05, 3.63) is 29.3 Å². The summed E-state index contributed by atoms with van der Waals surface area (Å²) in [7, 11) is 1.61. The van der Waals surface area contributed by atoms with Crippen molar-refractivity contribution in [1.82, 2.24) is 0 Å². The Morgan fingerprint density at radius 2 is 2.17 bits per heavy atom. The van der Waals surface area contributed by atoms with Crippen LogP contribution in [0.2, 0.25) is 0 Å². The van der Waals surface area contributed by atoms with Crippen LogP contribution in [-0.2, 0) is 0 Å². The van der Waals surface area contributed by atoms with Crippen LogP contribution in [0.1, 0.15) is 15.9 Å². The van der Waals surface area contributed by atoms with Crippen molar-refractivity contribution in [3.8, 4) is 5.75 Å². The summed E-state index contributed by atoms with van der Waals surface area (Å²) >= 11 is 2.88. The molecule has 2 nitrogen and oxygen atoms in total. The van der Waals surface area contributed by atoms with E-state index in [1.165, 1.54) is 0 Å². The molecule has 0 atom stereocenters. The molecule has 0 amide bonds. The van der Waals surface area contributed by atoms with Crippen molar-refractivity contribution in [2.24, 2.45) is 0 Å². The Labute approximate surface area is 79.7 Å². The molecule has 1 aromatic rings. The number of rotatable bonds is 2. The van der Waals surface area contributed by atoms with E-state index in [0.29, 0.717) is 5.56 Å². The highest BCUT2D eigenvalue weighted by atomic mass is 79.9. The van der Waals surface area contributed by atoms with Crippen molar-refractivity contribution in [2.45, 2.75) is 6.92 Å². The quantitative estimate of drug-likeness (QED) is 0.728. The van der Waals surface area contributed by atoms with Crippen molar-refractivity contribution in [3.63, 3.8) is 0 Å². The molecule has 0 spiro atoms. The first kappa shape index (κ1) is 9.26. The molecule has 0 aliphatic rings. The zero-order chi connectivity index (χ0) is 9.14. The molecule has 64 valence electrons. The second-order valence-electron chi connectivity index (χ2n) is 2.46. The van der Waals surface area contributed by atoms with Gasteiger partial charge in [0.1, 0.15) is 5.75 Å². The number of carbonyl (C=O) groups excluding carboxylic acids is 1. The summed E-state index contributed by atoms with van der Waals surface area (Å²) in [5.74, 6) is 0.799. The van der Waals surface area contributed by atoms with E-state index in [1.54, 1.807) is 25.3 Å². The lowest BCUT2D eigenvalue weighted by Gasteiger charge is -2.04. The first-order valence-corrected chi connectivity index (χ1v) is 4.29.